The first-order valence-corrected chi connectivity index (χ1v) is 7.69. The van der Waals surface area contributed by atoms with Crippen molar-refractivity contribution in [2.45, 2.75) is 26.1 Å². The van der Waals surface area contributed by atoms with E-state index in [0.29, 0.717) is 5.69 Å². The van der Waals surface area contributed by atoms with E-state index in [9.17, 15) is 18.0 Å². The number of hydrogen-bond donors (Lipinski definition) is 1. The standard InChI is InChI=1S/C18H16F3N3O/c1-11-7-3-4-8-13(11)22-16(25)12(2)24-15-10-6-5-9-14(15)23-17(24)18(19,20)21/h3-10,12H,1-2H3,(H,22,25). The Morgan fingerprint density at radius 2 is 1.76 bits per heavy atom. The number of hydrogen-bond acceptors (Lipinski definition) is 2. The molecule has 0 fully saturated rings. The van der Waals surface area contributed by atoms with E-state index in [1.165, 1.54) is 19.1 Å². The van der Waals surface area contributed by atoms with Crippen LogP contribution in [-0.4, -0.2) is 15.5 Å². The molecule has 1 atom stereocenters. The molecule has 130 valence electrons. The Labute approximate surface area is 142 Å². The minimum Gasteiger partial charge on any atom is -0.324 e. The molecular weight excluding hydrogens is 331 g/mol. The van der Waals surface area contributed by atoms with Gasteiger partial charge in [-0.3, -0.25) is 4.79 Å². The van der Waals surface area contributed by atoms with Crippen molar-refractivity contribution in [3.63, 3.8) is 0 Å². The molecule has 3 rings (SSSR count). The molecule has 4 nitrogen and oxygen atoms in total. The number of aromatic nitrogens is 2. The maximum atomic E-state index is 13.4. The van der Waals surface area contributed by atoms with Crippen LogP contribution in [0.2, 0.25) is 0 Å². The number of amides is 1. The summed E-state index contributed by atoms with van der Waals surface area (Å²) >= 11 is 0. The summed E-state index contributed by atoms with van der Waals surface area (Å²) in [5.41, 5.74) is 1.86. The molecule has 1 heterocycles. The molecule has 1 N–H and O–H groups in total. The number of carbonyl (C=O) groups is 1. The van der Waals surface area contributed by atoms with Crippen molar-refractivity contribution in [3.8, 4) is 0 Å². The summed E-state index contributed by atoms with van der Waals surface area (Å²) < 4.78 is 41.1. The average molecular weight is 347 g/mol. The number of benzene rings is 2. The molecule has 0 aliphatic rings. The molecule has 0 aliphatic heterocycles. The van der Waals surface area contributed by atoms with Crippen LogP contribution in [0.3, 0.4) is 0 Å². The fraction of sp³-hybridized carbons (Fsp3) is 0.222. The monoisotopic (exact) mass is 347 g/mol. The van der Waals surface area contributed by atoms with Crippen LogP contribution in [0, 0.1) is 6.92 Å². The second kappa shape index (κ2) is 6.23. The third-order valence-corrected chi connectivity index (χ3v) is 4.02. The van der Waals surface area contributed by atoms with Crippen LogP contribution in [-0.2, 0) is 11.0 Å². The van der Waals surface area contributed by atoms with Gasteiger partial charge >= 0.3 is 6.18 Å². The minimum absolute atomic E-state index is 0.199. The van der Waals surface area contributed by atoms with Crippen molar-refractivity contribution in [1.29, 1.82) is 0 Å². The Bertz CT molecular complexity index is 931. The fourth-order valence-corrected chi connectivity index (χ4v) is 2.70. The van der Waals surface area contributed by atoms with Crippen molar-refractivity contribution < 1.29 is 18.0 Å². The molecular formula is C18H16F3N3O. The minimum atomic E-state index is -4.66. The number of rotatable bonds is 3. The Morgan fingerprint density at radius 3 is 2.44 bits per heavy atom. The number of para-hydroxylation sites is 3. The van der Waals surface area contributed by atoms with Gasteiger partial charge in [0, 0.05) is 5.69 Å². The molecule has 0 aliphatic carbocycles. The molecule has 1 aromatic heterocycles. The highest BCUT2D eigenvalue weighted by Crippen LogP contribution is 2.34. The van der Waals surface area contributed by atoms with E-state index >= 15 is 0 Å². The first kappa shape index (κ1) is 17.0. The van der Waals surface area contributed by atoms with Gasteiger partial charge < -0.3 is 9.88 Å². The van der Waals surface area contributed by atoms with E-state index in [1.807, 2.05) is 19.1 Å². The lowest BCUT2D eigenvalue weighted by Gasteiger charge is -2.19. The van der Waals surface area contributed by atoms with Crippen molar-refractivity contribution in [1.82, 2.24) is 9.55 Å². The molecule has 3 aromatic rings. The highest BCUT2D eigenvalue weighted by Gasteiger charge is 2.39. The van der Waals surface area contributed by atoms with Gasteiger partial charge in [-0.1, -0.05) is 30.3 Å². The Balaban J connectivity index is 2.03. The average Bonchev–Trinajstić information content (AvgIpc) is 2.96. The van der Waals surface area contributed by atoms with E-state index in [2.05, 4.69) is 10.3 Å². The van der Waals surface area contributed by atoms with Crippen LogP contribution in [0.15, 0.2) is 48.5 Å². The largest absolute Gasteiger partial charge is 0.449 e. The predicted molar refractivity (Wildman–Crippen MR) is 89.3 cm³/mol. The van der Waals surface area contributed by atoms with Crippen LogP contribution in [0.5, 0.6) is 0 Å². The van der Waals surface area contributed by atoms with E-state index in [-0.39, 0.29) is 11.0 Å². The van der Waals surface area contributed by atoms with Crippen LogP contribution < -0.4 is 5.32 Å². The zero-order chi connectivity index (χ0) is 18.2. The molecule has 0 saturated carbocycles. The molecule has 7 heteroatoms. The number of fused-ring (bicyclic) bond motifs is 1. The maximum Gasteiger partial charge on any atom is 0.449 e. The lowest BCUT2D eigenvalue weighted by molar-refractivity contribution is -0.148. The molecule has 25 heavy (non-hydrogen) atoms. The number of nitrogens with zero attached hydrogens (tertiary/aromatic N) is 2. The summed E-state index contributed by atoms with van der Waals surface area (Å²) in [6.45, 7) is 3.24. The summed E-state index contributed by atoms with van der Waals surface area (Å²) in [5.74, 6) is -1.62. The summed E-state index contributed by atoms with van der Waals surface area (Å²) in [4.78, 5) is 16.2. The van der Waals surface area contributed by atoms with E-state index in [4.69, 9.17) is 0 Å². The smallest absolute Gasteiger partial charge is 0.324 e. The van der Waals surface area contributed by atoms with Gasteiger partial charge in [0.05, 0.1) is 11.0 Å². The normalized spacial score (nSPS) is 13.0. The molecule has 1 unspecified atom stereocenters. The van der Waals surface area contributed by atoms with E-state index in [0.717, 1.165) is 10.1 Å². The van der Waals surface area contributed by atoms with Gasteiger partial charge in [-0.15, -0.1) is 0 Å². The van der Waals surface area contributed by atoms with Crippen molar-refractivity contribution in [2.75, 3.05) is 5.32 Å². The highest BCUT2D eigenvalue weighted by molar-refractivity contribution is 5.95. The molecule has 0 saturated heterocycles. The Morgan fingerprint density at radius 1 is 1.12 bits per heavy atom. The van der Waals surface area contributed by atoms with E-state index < -0.39 is 23.9 Å². The predicted octanol–water partition coefficient (Wildman–Crippen LogP) is 4.56. The quantitative estimate of drug-likeness (QED) is 0.755. The first-order chi connectivity index (χ1) is 11.8. The van der Waals surface area contributed by atoms with Crippen LogP contribution in [0.4, 0.5) is 18.9 Å². The number of alkyl halides is 3. The summed E-state index contributed by atoms with van der Waals surface area (Å²) in [5, 5.41) is 2.69. The number of anilines is 1. The Kier molecular flexibility index (Phi) is 4.24. The third kappa shape index (κ3) is 3.22. The van der Waals surface area contributed by atoms with Crippen LogP contribution in [0.1, 0.15) is 24.4 Å². The Hall–Kier alpha value is -2.83. The lowest BCUT2D eigenvalue weighted by Crippen LogP contribution is -2.27. The van der Waals surface area contributed by atoms with Crippen molar-refractivity contribution in [3.05, 3.63) is 59.9 Å². The fourth-order valence-electron chi connectivity index (χ4n) is 2.70. The SMILES string of the molecule is Cc1ccccc1NC(=O)C(C)n1c(C(F)(F)F)nc2ccccc21. The second-order valence-corrected chi connectivity index (χ2v) is 5.77. The number of carbonyl (C=O) groups excluding carboxylic acids is 1. The summed E-state index contributed by atoms with van der Waals surface area (Å²) in [6.07, 6.45) is -4.66. The molecule has 1 amide bonds. The topological polar surface area (TPSA) is 46.9 Å². The first-order valence-electron chi connectivity index (χ1n) is 7.69. The number of nitrogens with one attached hydrogen (secondary N) is 1. The van der Waals surface area contributed by atoms with Gasteiger partial charge in [0.2, 0.25) is 11.7 Å². The van der Waals surface area contributed by atoms with Gasteiger partial charge in [0.25, 0.3) is 0 Å². The van der Waals surface area contributed by atoms with Gasteiger partial charge in [-0.25, -0.2) is 4.98 Å². The van der Waals surface area contributed by atoms with Crippen molar-refractivity contribution in [2.24, 2.45) is 0 Å². The van der Waals surface area contributed by atoms with Crippen LogP contribution >= 0.6 is 0 Å². The van der Waals surface area contributed by atoms with Gasteiger partial charge in [-0.2, -0.15) is 13.2 Å². The molecule has 0 bridgehead atoms. The third-order valence-electron chi connectivity index (χ3n) is 4.02. The number of imidazole rings is 1. The lowest BCUT2D eigenvalue weighted by atomic mass is 10.2. The molecule has 0 radical (unpaired) electrons. The van der Waals surface area contributed by atoms with Gasteiger partial charge in [-0.05, 0) is 37.6 Å². The zero-order valence-corrected chi connectivity index (χ0v) is 13.6. The second-order valence-electron chi connectivity index (χ2n) is 5.77. The van der Waals surface area contributed by atoms with E-state index in [1.54, 1.807) is 24.3 Å². The zero-order valence-electron chi connectivity index (χ0n) is 13.6. The number of halogens is 3. The van der Waals surface area contributed by atoms with Gasteiger partial charge in [0.15, 0.2) is 0 Å². The maximum absolute atomic E-state index is 13.4. The summed E-state index contributed by atoms with van der Waals surface area (Å²) in [7, 11) is 0. The molecule has 0 spiro atoms. The molecule has 2 aromatic carbocycles. The van der Waals surface area contributed by atoms with Crippen molar-refractivity contribution >= 4 is 22.6 Å². The number of aryl methyl sites for hydroxylation is 1. The van der Waals surface area contributed by atoms with Gasteiger partial charge in [0.1, 0.15) is 6.04 Å². The van der Waals surface area contributed by atoms with Crippen LogP contribution in [0.25, 0.3) is 11.0 Å². The highest BCUT2D eigenvalue weighted by atomic mass is 19.4. The summed E-state index contributed by atoms with van der Waals surface area (Å²) in [6, 6.07) is 12.3.